The molecule has 1 aromatic rings. The highest BCUT2D eigenvalue weighted by Gasteiger charge is 2.22. The lowest BCUT2D eigenvalue weighted by Crippen LogP contribution is -2.42. The fourth-order valence-corrected chi connectivity index (χ4v) is 1.98. The predicted octanol–water partition coefficient (Wildman–Crippen LogP) is 2.84. The van der Waals surface area contributed by atoms with Crippen molar-refractivity contribution >= 4 is 23.5 Å². The van der Waals surface area contributed by atoms with Gasteiger partial charge in [0.05, 0.1) is 12.3 Å². The molecule has 0 fully saturated rings. The van der Waals surface area contributed by atoms with Crippen LogP contribution in [-0.4, -0.2) is 34.5 Å². The number of nitrogens with zero attached hydrogens (tertiary/aromatic N) is 1. The van der Waals surface area contributed by atoms with Crippen LogP contribution in [0.5, 0.6) is 0 Å². The largest absolute Gasteiger partial charge is 0.481 e. The maximum absolute atomic E-state index is 12.3. The van der Waals surface area contributed by atoms with Crippen LogP contribution < -0.4 is 0 Å². The Balaban J connectivity index is 2.74. The Labute approximate surface area is 124 Å². The van der Waals surface area contributed by atoms with E-state index in [1.54, 1.807) is 36.1 Å². The monoisotopic (exact) mass is 297 g/mol. The van der Waals surface area contributed by atoms with Gasteiger partial charge >= 0.3 is 5.97 Å². The molecule has 0 aromatic heterocycles. The van der Waals surface area contributed by atoms with Crippen LogP contribution in [0.15, 0.2) is 24.3 Å². The Kier molecular flexibility index (Phi) is 6.02. The van der Waals surface area contributed by atoms with E-state index in [0.717, 1.165) is 5.56 Å². The van der Waals surface area contributed by atoms with Crippen molar-refractivity contribution in [3.8, 4) is 0 Å². The Morgan fingerprint density at radius 3 is 2.20 bits per heavy atom. The third-order valence-corrected chi connectivity index (χ3v) is 3.36. The van der Waals surface area contributed by atoms with Gasteiger partial charge in [0, 0.05) is 17.6 Å². The minimum Gasteiger partial charge on any atom is -0.481 e. The van der Waals surface area contributed by atoms with E-state index in [9.17, 15) is 9.59 Å². The molecule has 0 heterocycles. The summed E-state index contributed by atoms with van der Waals surface area (Å²) < 4.78 is 0. The Hall–Kier alpha value is -1.55. The molecule has 110 valence electrons. The fourth-order valence-electron chi connectivity index (χ4n) is 1.85. The third kappa shape index (κ3) is 4.85. The second kappa shape index (κ2) is 7.29. The number of hydrogen-bond donors (Lipinski definition) is 1. The number of halogens is 1. The van der Waals surface area contributed by atoms with Crippen LogP contribution in [0.2, 0.25) is 5.02 Å². The summed E-state index contributed by atoms with van der Waals surface area (Å²) in [4.78, 5) is 24.8. The van der Waals surface area contributed by atoms with Gasteiger partial charge in [-0.05, 0) is 31.5 Å². The lowest BCUT2D eigenvalue weighted by molar-refractivity contribution is -0.143. The second-order valence-corrected chi connectivity index (χ2v) is 5.62. The summed E-state index contributed by atoms with van der Waals surface area (Å²) in [6.07, 6.45) is 0.252. The molecule has 20 heavy (non-hydrogen) atoms. The summed E-state index contributed by atoms with van der Waals surface area (Å²) in [5, 5.41) is 9.59. The molecule has 0 aliphatic carbocycles. The van der Waals surface area contributed by atoms with Gasteiger partial charge in [0.1, 0.15) is 0 Å². The van der Waals surface area contributed by atoms with E-state index in [2.05, 4.69) is 0 Å². The molecule has 0 bridgehead atoms. The molecular weight excluding hydrogens is 278 g/mol. The summed E-state index contributed by atoms with van der Waals surface area (Å²) >= 11 is 5.80. The van der Waals surface area contributed by atoms with Crippen LogP contribution in [0.1, 0.15) is 26.3 Å². The van der Waals surface area contributed by atoms with Crippen molar-refractivity contribution in [3.63, 3.8) is 0 Å². The van der Waals surface area contributed by atoms with E-state index >= 15 is 0 Å². The highest BCUT2D eigenvalue weighted by Crippen LogP contribution is 2.13. The molecule has 1 atom stereocenters. The highest BCUT2D eigenvalue weighted by molar-refractivity contribution is 6.30. The molecule has 0 saturated carbocycles. The molecule has 0 aliphatic heterocycles. The summed E-state index contributed by atoms with van der Waals surface area (Å²) in [5.41, 5.74) is 0.869. The molecule has 1 N–H and O–H groups in total. The Morgan fingerprint density at radius 1 is 1.20 bits per heavy atom. The quantitative estimate of drug-likeness (QED) is 0.878. The van der Waals surface area contributed by atoms with E-state index in [1.165, 1.54) is 0 Å². The lowest BCUT2D eigenvalue weighted by atomic mass is 10.1. The maximum atomic E-state index is 12.3. The van der Waals surface area contributed by atoms with Crippen LogP contribution >= 0.6 is 11.6 Å². The first-order chi connectivity index (χ1) is 9.31. The number of carboxylic acids is 1. The van der Waals surface area contributed by atoms with Crippen LogP contribution in [0.4, 0.5) is 0 Å². The zero-order valence-electron chi connectivity index (χ0n) is 12.0. The molecule has 4 nitrogen and oxygen atoms in total. The maximum Gasteiger partial charge on any atom is 0.308 e. The molecule has 0 saturated heterocycles. The number of hydrogen-bond acceptors (Lipinski definition) is 2. The summed E-state index contributed by atoms with van der Waals surface area (Å²) in [6, 6.07) is 7.06. The molecule has 1 unspecified atom stereocenters. The molecule has 5 heteroatoms. The highest BCUT2D eigenvalue weighted by atomic mass is 35.5. The molecular formula is C15H20ClNO3. The molecule has 0 spiro atoms. The summed E-state index contributed by atoms with van der Waals surface area (Å²) in [6.45, 7) is 5.59. The lowest BCUT2D eigenvalue weighted by Gasteiger charge is -2.28. The predicted molar refractivity (Wildman–Crippen MR) is 78.8 cm³/mol. The average molecular weight is 298 g/mol. The average Bonchev–Trinajstić information content (AvgIpc) is 2.37. The van der Waals surface area contributed by atoms with E-state index in [4.69, 9.17) is 16.7 Å². The summed E-state index contributed by atoms with van der Waals surface area (Å²) in [7, 11) is 0. The molecule has 0 radical (unpaired) electrons. The van der Waals surface area contributed by atoms with Gasteiger partial charge in [-0.25, -0.2) is 0 Å². The van der Waals surface area contributed by atoms with Crippen molar-refractivity contribution in [1.29, 1.82) is 0 Å². The van der Waals surface area contributed by atoms with Gasteiger partial charge in [0.2, 0.25) is 5.91 Å². The Morgan fingerprint density at radius 2 is 1.75 bits per heavy atom. The molecule has 1 aromatic carbocycles. The van der Waals surface area contributed by atoms with Crippen molar-refractivity contribution in [1.82, 2.24) is 4.90 Å². The van der Waals surface area contributed by atoms with Crippen molar-refractivity contribution in [2.75, 3.05) is 6.54 Å². The number of aliphatic carboxylic acids is 1. The fraction of sp³-hybridized carbons (Fsp3) is 0.467. The molecule has 1 amide bonds. The zero-order chi connectivity index (χ0) is 15.3. The SMILES string of the molecule is CC(CN(C(=O)Cc1ccc(Cl)cc1)C(C)C)C(=O)O. The first-order valence-electron chi connectivity index (χ1n) is 6.58. The van der Waals surface area contributed by atoms with Crippen LogP contribution in [0, 0.1) is 5.92 Å². The van der Waals surface area contributed by atoms with Crippen molar-refractivity contribution in [2.24, 2.45) is 5.92 Å². The van der Waals surface area contributed by atoms with Gasteiger partial charge in [0.25, 0.3) is 0 Å². The minimum absolute atomic E-state index is 0.0309. The Bertz CT molecular complexity index is 471. The molecule has 0 aliphatic rings. The zero-order valence-corrected chi connectivity index (χ0v) is 12.7. The van der Waals surface area contributed by atoms with E-state index in [1.807, 2.05) is 13.8 Å². The first kappa shape index (κ1) is 16.5. The van der Waals surface area contributed by atoms with Crippen LogP contribution in [-0.2, 0) is 16.0 Å². The van der Waals surface area contributed by atoms with Crippen LogP contribution in [0.3, 0.4) is 0 Å². The van der Waals surface area contributed by atoms with E-state index in [-0.39, 0.29) is 24.9 Å². The standard InChI is InChI=1S/C15H20ClNO3/c1-10(2)17(9-11(3)15(19)20)14(18)8-12-4-6-13(16)7-5-12/h4-7,10-11H,8-9H2,1-3H3,(H,19,20). The minimum atomic E-state index is -0.894. The number of rotatable bonds is 6. The van der Waals surface area contributed by atoms with Crippen molar-refractivity contribution in [2.45, 2.75) is 33.2 Å². The van der Waals surface area contributed by atoms with Gasteiger partial charge in [-0.3, -0.25) is 9.59 Å². The number of carbonyl (C=O) groups is 2. The van der Waals surface area contributed by atoms with Gasteiger partial charge in [-0.1, -0.05) is 30.7 Å². The molecule has 1 rings (SSSR count). The van der Waals surface area contributed by atoms with E-state index in [0.29, 0.717) is 5.02 Å². The first-order valence-corrected chi connectivity index (χ1v) is 6.95. The second-order valence-electron chi connectivity index (χ2n) is 5.18. The van der Waals surface area contributed by atoms with Crippen LogP contribution in [0.25, 0.3) is 0 Å². The van der Waals surface area contributed by atoms with Crippen molar-refractivity contribution in [3.05, 3.63) is 34.9 Å². The third-order valence-electron chi connectivity index (χ3n) is 3.10. The number of carboxylic acid groups (broad SMARTS) is 1. The number of carbonyl (C=O) groups excluding carboxylic acids is 1. The van der Waals surface area contributed by atoms with Gasteiger partial charge in [-0.2, -0.15) is 0 Å². The van der Waals surface area contributed by atoms with Gasteiger partial charge < -0.3 is 10.0 Å². The van der Waals surface area contributed by atoms with E-state index < -0.39 is 11.9 Å². The smallest absolute Gasteiger partial charge is 0.308 e. The normalized spacial score (nSPS) is 12.2. The van der Waals surface area contributed by atoms with Crippen molar-refractivity contribution < 1.29 is 14.7 Å². The number of amides is 1. The van der Waals surface area contributed by atoms with Gasteiger partial charge in [0.15, 0.2) is 0 Å². The topological polar surface area (TPSA) is 57.6 Å². The number of benzene rings is 1. The summed E-state index contributed by atoms with van der Waals surface area (Å²) in [5.74, 6) is -1.54. The van der Waals surface area contributed by atoms with Gasteiger partial charge in [-0.15, -0.1) is 0 Å².